The lowest BCUT2D eigenvalue weighted by molar-refractivity contribution is 0.542. The van der Waals surface area contributed by atoms with E-state index in [0.717, 1.165) is 0 Å². The minimum absolute atomic E-state index is 0.0859. The number of aryl methyl sites for hydroxylation is 1. The maximum atomic E-state index is 13.1. The summed E-state index contributed by atoms with van der Waals surface area (Å²) in [5.74, 6) is 0.315. The van der Waals surface area contributed by atoms with Gasteiger partial charge in [-0.1, -0.05) is 18.2 Å². The van der Waals surface area contributed by atoms with E-state index < -0.39 is 9.84 Å². The van der Waals surface area contributed by atoms with E-state index in [4.69, 9.17) is 4.42 Å². The average Bonchev–Trinajstić information content (AvgIpc) is 2.92. The lowest BCUT2D eigenvalue weighted by Crippen LogP contribution is -2.01. The molecule has 0 fully saturated rings. The summed E-state index contributed by atoms with van der Waals surface area (Å²) < 4.78 is 44.2. The van der Waals surface area contributed by atoms with Crippen LogP contribution in [0.2, 0.25) is 0 Å². The van der Waals surface area contributed by atoms with Gasteiger partial charge in [0.05, 0.1) is 4.90 Å². The fourth-order valence-electron chi connectivity index (χ4n) is 2.22. The van der Waals surface area contributed by atoms with Gasteiger partial charge in [-0.3, -0.25) is 0 Å². The molecular formula is C17H13FO3S. The van der Waals surface area contributed by atoms with Crippen molar-refractivity contribution in [3.05, 3.63) is 72.2 Å². The van der Waals surface area contributed by atoms with E-state index in [1.807, 2.05) is 0 Å². The number of hydrogen-bond donors (Lipinski definition) is 0. The van der Waals surface area contributed by atoms with Gasteiger partial charge in [0.25, 0.3) is 0 Å². The van der Waals surface area contributed by atoms with Gasteiger partial charge in [0.2, 0.25) is 9.84 Å². The minimum Gasteiger partial charge on any atom is -0.460 e. The Labute approximate surface area is 127 Å². The normalized spacial score (nSPS) is 11.5. The van der Waals surface area contributed by atoms with Crippen molar-refractivity contribution in [3.63, 3.8) is 0 Å². The number of furan rings is 1. The third-order valence-corrected chi connectivity index (χ3v) is 5.05. The van der Waals surface area contributed by atoms with Crippen LogP contribution >= 0.6 is 0 Å². The van der Waals surface area contributed by atoms with Gasteiger partial charge in [-0.25, -0.2) is 12.8 Å². The highest BCUT2D eigenvalue weighted by Gasteiger charge is 2.25. The summed E-state index contributed by atoms with van der Waals surface area (Å²) in [5.41, 5.74) is 0.518. The molecular weight excluding hydrogens is 303 g/mol. The molecule has 0 aliphatic rings. The standard InChI is InChI=1S/C17H13FO3S/c1-12-11-16(22(19,20)15-5-3-2-4-6-15)17(21-12)13-7-9-14(18)10-8-13/h2-11H,1H3. The van der Waals surface area contributed by atoms with Crippen molar-refractivity contribution in [3.8, 4) is 11.3 Å². The third kappa shape index (κ3) is 2.55. The molecule has 0 N–H and O–H groups in total. The molecule has 0 aliphatic heterocycles. The number of benzene rings is 2. The molecule has 0 saturated carbocycles. The van der Waals surface area contributed by atoms with E-state index in [9.17, 15) is 12.8 Å². The van der Waals surface area contributed by atoms with Gasteiger partial charge < -0.3 is 4.42 Å². The highest BCUT2D eigenvalue weighted by Crippen LogP contribution is 2.34. The monoisotopic (exact) mass is 316 g/mol. The molecule has 0 aliphatic carbocycles. The molecule has 5 heteroatoms. The second-order valence-corrected chi connectivity index (χ2v) is 6.79. The zero-order valence-electron chi connectivity index (χ0n) is 11.8. The van der Waals surface area contributed by atoms with Crippen LogP contribution in [-0.2, 0) is 9.84 Å². The first-order chi connectivity index (χ1) is 10.5. The largest absolute Gasteiger partial charge is 0.460 e. The van der Waals surface area contributed by atoms with Gasteiger partial charge >= 0.3 is 0 Å². The molecule has 0 saturated heterocycles. The van der Waals surface area contributed by atoms with Gasteiger partial charge in [-0.05, 0) is 49.4 Å². The van der Waals surface area contributed by atoms with E-state index >= 15 is 0 Å². The number of hydrogen-bond acceptors (Lipinski definition) is 3. The van der Waals surface area contributed by atoms with Crippen molar-refractivity contribution in [1.29, 1.82) is 0 Å². The molecule has 0 radical (unpaired) electrons. The topological polar surface area (TPSA) is 47.3 Å². The van der Waals surface area contributed by atoms with Crippen LogP contribution in [0.4, 0.5) is 4.39 Å². The lowest BCUT2D eigenvalue weighted by Gasteiger charge is -2.05. The minimum atomic E-state index is -3.69. The smallest absolute Gasteiger partial charge is 0.210 e. The maximum absolute atomic E-state index is 13.1. The Morgan fingerprint density at radius 2 is 1.59 bits per heavy atom. The fraction of sp³-hybridized carbons (Fsp3) is 0.0588. The third-order valence-electron chi connectivity index (χ3n) is 3.27. The Kier molecular flexibility index (Phi) is 3.58. The van der Waals surface area contributed by atoms with E-state index in [-0.39, 0.29) is 21.4 Å². The van der Waals surface area contributed by atoms with Crippen molar-refractivity contribution >= 4 is 9.84 Å². The molecule has 0 bridgehead atoms. The molecule has 3 nitrogen and oxygen atoms in total. The van der Waals surface area contributed by atoms with E-state index in [1.54, 1.807) is 25.1 Å². The number of sulfone groups is 1. The number of halogens is 1. The fourth-order valence-corrected chi connectivity index (χ4v) is 3.71. The van der Waals surface area contributed by atoms with Crippen LogP contribution in [0.5, 0.6) is 0 Å². The van der Waals surface area contributed by atoms with Crippen molar-refractivity contribution in [2.24, 2.45) is 0 Å². The Hall–Kier alpha value is -2.40. The molecule has 0 unspecified atom stereocenters. The van der Waals surface area contributed by atoms with Crippen molar-refractivity contribution in [1.82, 2.24) is 0 Å². The van der Waals surface area contributed by atoms with Gasteiger partial charge in [-0.15, -0.1) is 0 Å². The predicted molar refractivity (Wildman–Crippen MR) is 80.7 cm³/mol. The van der Waals surface area contributed by atoms with Crippen LogP contribution < -0.4 is 0 Å². The van der Waals surface area contributed by atoms with Crippen molar-refractivity contribution < 1.29 is 17.2 Å². The quantitative estimate of drug-likeness (QED) is 0.726. The molecule has 0 spiro atoms. The van der Waals surface area contributed by atoms with Crippen LogP contribution in [0.1, 0.15) is 5.76 Å². The first kappa shape index (κ1) is 14.5. The van der Waals surface area contributed by atoms with Crippen LogP contribution in [0.3, 0.4) is 0 Å². The van der Waals surface area contributed by atoms with Gasteiger partial charge in [0.15, 0.2) is 5.76 Å². The molecule has 2 aromatic carbocycles. The first-order valence-corrected chi connectivity index (χ1v) is 8.13. The molecule has 1 aromatic heterocycles. The van der Waals surface area contributed by atoms with Crippen LogP contribution in [-0.4, -0.2) is 8.42 Å². The summed E-state index contributed by atoms with van der Waals surface area (Å²) >= 11 is 0. The zero-order valence-corrected chi connectivity index (χ0v) is 12.6. The van der Waals surface area contributed by atoms with Crippen LogP contribution in [0.15, 0.2) is 74.9 Å². The van der Waals surface area contributed by atoms with Crippen LogP contribution in [0, 0.1) is 12.7 Å². The van der Waals surface area contributed by atoms with Gasteiger partial charge in [0.1, 0.15) is 16.5 Å². The molecule has 3 rings (SSSR count). The van der Waals surface area contributed by atoms with E-state index in [0.29, 0.717) is 11.3 Å². The maximum Gasteiger partial charge on any atom is 0.210 e. The highest BCUT2D eigenvalue weighted by atomic mass is 32.2. The molecule has 0 amide bonds. The Bertz CT molecular complexity index is 895. The van der Waals surface area contributed by atoms with Crippen molar-refractivity contribution in [2.75, 3.05) is 0 Å². The van der Waals surface area contributed by atoms with Crippen LogP contribution in [0.25, 0.3) is 11.3 Å². The van der Waals surface area contributed by atoms with E-state index in [1.165, 1.54) is 42.5 Å². The lowest BCUT2D eigenvalue weighted by atomic mass is 10.2. The summed E-state index contributed by atoms with van der Waals surface area (Å²) in [6, 6.07) is 15.2. The van der Waals surface area contributed by atoms with E-state index in [2.05, 4.69) is 0 Å². The summed E-state index contributed by atoms with van der Waals surface area (Å²) in [6.45, 7) is 1.68. The van der Waals surface area contributed by atoms with Gasteiger partial charge in [0, 0.05) is 5.56 Å². The number of rotatable bonds is 3. The second-order valence-electron chi connectivity index (χ2n) is 4.87. The molecule has 22 heavy (non-hydrogen) atoms. The Morgan fingerprint density at radius 1 is 0.955 bits per heavy atom. The van der Waals surface area contributed by atoms with Crippen molar-refractivity contribution in [2.45, 2.75) is 16.7 Å². The summed E-state index contributed by atoms with van der Waals surface area (Å²) in [6.07, 6.45) is 0. The van der Waals surface area contributed by atoms with Gasteiger partial charge in [-0.2, -0.15) is 0 Å². The second kappa shape index (κ2) is 5.42. The molecule has 112 valence electrons. The Balaban J connectivity index is 2.19. The zero-order chi connectivity index (χ0) is 15.7. The summed E-state index contributed by atoms with van der Waals surface area (Å²) in [5, 5.41) is 0. The summed E-state index contributed by atoms with van der Waals surface area (Å²) in [4.78, 5) is 0.280. The molecule has 3 aromatic rings. The molecule has 1 heterocycles. The predicted octanol–water partition coefficient (Wildman–Crippen LogP) is 4.23. The molecule has 0 atom stereocenters. The SMILES string of the molecule is Cc1cc(S(=O)(=O)c2ccccc2)c(-c2ccc(F)cc2)o1. The summed E-state index contributed by atoms with van der Waals surface area (Å²) in [7, 11) is -3.69. The Morgan fingerprint density at radius 3 is 2.23 bits per heavy atom. The average molecular weight is 316 g/mol. The first-order valence-electron chi connectivity index (χ1n) is 6.65. The highest BCUT2D eigenvalue weighted by molar-refractivity contribution is 7.91.